The minimum atomic E-state index is 0.476. The van der Waals surface area contributed by atoms with E-state index < -0.39 is 0 Å². The van der Waals surface area contributed by atoms with Gasteiger partial charge < -0.3 is 5.73 Å². The molecule has 0 amide bonds. The summed E-state index contributed by atoms with van der Waals surface area (Å²) < 4.78 is 3.59. The van der Waals surface area contributed by atoms with Gasteiger partial charge >= 0.3 is 0 Å². The molecular formula is C12H15N7. The van der Waals surface area contributed by atoms with Gasteiger partial charge in [-0.25, -0.2) is 15.0 Å². The van der Waals surface area contributed by atoms with Crippen LogP contribution in [0.5, 0.6) is 0 Å². The molecule has 0 saturated heterocycles. The van der Waals surface area contributed by atoms with Crippen molar-refractivity contribution in [3.63, 3.8) is 0 Å². The van der Waals surface area contributed by atoms with Gasteiger partial charge in [-0.05, 0) is 19.1 Å². The molecule has 0 radical (unpaired) electrons. The molecule has 0 aliphatic rings. The predicted molar refractivity (Wildman–Crippen MR) is 71.4 cm³/mol. The fourth-order valence-electron chi connectivity index (χ4n) is 2.04. The van der Waals surface area contributed by atoms with Crippen LogP contribution in [0, 0.1) is 6.92 Å². The number of nitrogens with zero attached hydrogens (tertiary/aromatic N) is 6. The van der Waals surface area contributed by atoms with Crippen LogP contribution in [0.1, 0.15) is 11.5 Å². The first kappa shape index (κ1) is 11.6. The van der Waals surface area contributed by atoms with Gasteiger partial charge in [-0.1, -0.05) is 0 Å². The Kier molecular flexibility index (Phi) is 2.66. The maximum absolute atomic E-state index is 5.94. The summed E-state index contributed by atoms with van der Waals surface area (Å²) in [7, 11) is 1.85. The molecule has 0 bridgehead atoms. The monoisotopic (exact) mass is 257 g/mol. The number of hydrogen-bond donors (Lipinski definition) is 1. The highest BCUT2D eigenvalue weighted by Crippen LogP contribution is 2.16. The molecule has 7 nitrogen and oxygen atoms in total. The second kappa shape index (κ2) is 4.34. The first-order valence-electron chi connectivity index (χ1n) is 6.07. The van der Waals surface area contributed by atoms with Crippen molar-refractivity contribution in [2.24, 2.45) is 7.05 Å². The Labute approximate surface area is 110 Å². The lowest BCUT2D eigenvalue weighted by Gasteiger charge is -2.04. The molecule has 3 rings (SSSR count). The summed E-state index contributed by atoms with van der Waals surface area (Å²) in [5.74, 6) is 1.26. The van der Waals surface area contributed by atoms with Crippen molar-refractivity contribution in [1.82, 2.24) is 29.3 Å². The van der Waals surface area contributed by atoms with E-state index in [1.54, 1.807) is 11.0 Å². The zero-order chi connectivity index (χ0) is 13.4. The Morgan fingerprint density at radius 3 is 2.84 bits per heavy atom. The second-order valence-electron chi connectivity index (χ2n) is 4.50. The average Bonchev–Trinajstić information content (AvgIpc) is 2.90. The standard InChI is InChI=1S/C12H15N7/c1-8-3-4-9-11(15-8)19(12(13)16-9)6-5-10-14-7-18(2)17-10/h3-4,7H,5-6H2,1-2H3,(H2,13,16). The highest BCUT2D eigenvalue weighted by molar-refractivity contribution is 5.74. The lowest BCUT2D eigenvalue weighted by Crippen LogP contribution is -2.07. The van der Waals surface area contributed by atoms with Crippen LogP contribution in [0.4, 0.5) is 5.95 Å². The molecule has 0 saturated carbocycles. The van der Waals surface area contributed by atoms with Crippen molar-refractivity contribution >= 4 is 17.1 Å². The molecule has 0 unspecified atom stereocenters. The zero-order valence-electron chi connectivity index (χ0n) is 10.9. The van der Waals surface area contributed by atoms with Crippen molar-refractivity contribution < 1.29 is 0 Å². The number of imidazole rings is 1. The Morgan fingerprint density at radius 1 is 1.26 bits per heavy atom. The number of pyridine rings is 1. The van der Waals surface area contributed by atoms with E-state index in [1.165, 1.54) is 0 Å². The van der Waals surface area contributed by atoms with Crippen molar-refractivity contribution in [2.75, 3.05) is 5.73 Å². The van der Waals surface area contributed by atoms with Gasteiger partial charge in [0.2, 0.25) is 5.95 Å². The number of aromatic nitrogens is 6. The fraction of sp³-hybridized carbons (Fsp3) is 0.333. The highest BCUT2D eigenvalue weighted by atomic mass is 15.3. The van der Waals surface area contributed by atoms with Crippen molar-refractivity contribution in [2.45, 2.75) is 19.9 Å². The first-order valence-corrected chi connectivity index (χ1v) is 6.07. The number of nitrogen functional groups attached to an aromatic ring is 1. The van der Waals surface area contributed by atoms with Gasteiger partial charge in [0.25, 0.3) is 0 Å². The molecule has 3 aromatic heterocycles. The fourth-order valence-corrected chi connectivity index (χ4v) is 2.04. The lowest BCUT2D eigenvalue weighted by atomic mass is 10.3. The van der Waals surface area contributed by atoms with Crippen LogP contribution in [-0.4, -0.2) is 29.3 Å². The van der Waals surface area contributed by atoms with Crippen molar-refractivity contribution in [3.05, 3.63) is 30.0 Å². The molecule has 3 aromatic rings. The van der Waals surface area contributed by atoms with Crippen LogP contribution in [0.2, 0.25) is 0 Å². The summed E-state index contributed by atoms with van der Waals surface area (Å²) in [4.78, 5) is 13.0. The van der Waals surface area contributed by atoms with E-state index >= 15 is 0 Å². The molecular weight excluding hydrogens is 242 g/mol. The Hall–Kier alpha value is -2.44. The van der Waals surface area contributed by atoms with Crippen molar-refractivity contribution in [1.29, 1.82) is 0 Å². The highest BCUT2D eigenvalue weighted by Gasteiger charge is 2.10. The zero-order valence-corrected chi connectivity index (χ0v) is 10.9. The second-order valence-corrected chi connectivity index (χ2v) is 4.50. The number of aryl methyl sites for hydroxylation is 4. The van der Waals surface area contributed by atoms with Crippen LogP contribution in [-0.2, 0) is 20.0 Å². The summed E-state index contributed by atoms with van der Waals surface area (Å²) >= 11 is 0. The van der Waals surface area contributed by atoms with Gasteiger partial charge in [0.1, 0.15) is 11.8 Å². The normalized spacial score (nSPS) is 11.3. The molecule has 3 heterocycles. The largest absolute Gasteiger partial charge is 0.369 e. The van der Waals surface area contributed by atoms with Gasteiger partial charge in [-0.2, -0.15) is 5.10 Å². The third-order valence-electron chi connectivity index (χ3n) is 2.97. The van der Waals surface area contributed by atoms with E-state index in [9.17, 15) is 0 Å². The summed E-state index contributed by atoms with van der Waals surface area (Å²) in [6, 6.07) is 3.86. The van der Waals surface area contributed by atoms with Gasteiger partial charge in [0, 0.05) is 25.7 Å². The topological polar surface area (TPSA) is 87.4 Å². The Bertz CT molecular complexity index is 725. The van der Waals surface area contributed by atoms with E-state index in [1.807, 2.05) is 30.7 Å². The van der Waals surface area contributed by atoms with E-state index in [0.29, 0.717) is 18.9 Å². The van der Waals surface area contributed by atoms with E-state index in [2.05, 4.69) is 20.1 Å². The van der Waals surface area contributed by atoms with Crippen LogP contribution < -0.4 is 5.73 Å². The molecule has 0 spiro atoms. The third kappa shape index (κ3) is 2.14. The molecule has 98 valence electrons. The number of rotatable bonds is 3. The SMILES string of the molecule is Cc1ccc2nc(N)n(CCc3ncn(C)n3)c2n1. The number of hydrogen-bond acceptors (Lipinski definition) is 5. The molecule has 0 aliphatic carbocycles. The minimum Gasteiger partial charge on any atom is -0.369 e. The third-order valence-corrected chi connectivity index (χ3v) is 2.97. The summed E-state index contributed by atoms with van der Waals surface area (Å²) in [5, 5.41) is 4.25. The number of anilines is 1. The average molecular weight is 257 g/mol. The quantitative estimate of drug-likeness (QED) is 0.746. The van der Waals surface area contributed by atoms with Crippen LogP contribution >= 0.6 is 0 Å². The summed E-state index contributed by atoms with van der Waals surface area (Å²) in [6.45, 7) is 2.62. The molecule has 0 aromatic carbocycles. The summed E-state index contributed by atoms with van der Waals surface area (Å²) in [5.41, 5.74) is 8.52. The molecule has 0 fully saturated rings. The van der Waals surface area contributed by atoms with Gasteiger partial charge in [0.05, 0.1) is 0 Å². The van der Waals surface area contributed by atoms with Crippen LogP contribution in [0.3, 0.4) is 0 Å². The number of nitrogens with two attached hydrogens (primary N) is 1. The smallest absolute Gasteiger partial charge is 0.202 e. The molecule has 0 aliphatic heterocycles. The maximum Gasteiger partial charge on any atom is 0.202 e. The van der Waals surface area contributed by atoms with Crippen molar-refractivity contribution in [3.8, 4) is 0 Å². The first-order chi connectivity index (χ1) is 9.13. The van der Waals surface area contributed by atoms with E-state index in [0.717, 1.165) is 22.7 Å². The molecule has 2 N–H and O–H groups in total. The number of fused-ring (bicyclic) bond motifs is 1. The maximum atomic E-state index is 5.94. The van der Waals surface area contributed by atoms with Gasteiger partial charge in [-0.3, -0.25) is 9.25 Å². The van der Waals surface area contributed by atoms with Gasteiger partial charge in [-0.15, -0.1) is 0 Å². The van der Waals surface area contributed by atoms with E-state index in [-0.39, 0.29) is 0 Å². The van der Waals surface area contributed by atoms with Crippen LogP contribution in [0.15, 0.2) is 18.5 Å². The van der Waals surface area contributed by atoms with E-state index in [4.69, 9.17) is 5.73 Å². The Balaban J connectivity index is 1.91. The molecule has 7 heteroatoms. The summed E-state index contributed by atoms with van der Waals surface area (Å²) in [6.07, 6.45) is 2.39. The Morgan fingerprint density at radius 2 is 2.11 bits per heavy atom. The predicted octanol–water partition coefficient (Wildman–Crippen LogP) is 0.693. The van der Waals surface area contributed by atoms with Gasteiger partial charge in [0.15, 0.2) is 11.5 Å². The lowest BCUT2D eigenvalue weighted by molar-refractivity contribution is 0.674. The minimum absolute atomic E-state index is 0.476. The molecule has 0 atom stereocenters. The van der Waals surface area contributed by atoms with Crippen LogP contribution in [0.25, 0.3) is 11.2 Å². The molecule has 19 heavy (non-hydrogen) atoms.